The fourth-order valence-electron chi connectivity index (χ4n) is 0.153. The summed E-state index contributed by atoms with van der Waals surface area (Å²) in [4.78, 5) is 0. The predicted molar refractivity (Wildman–Crippen MR) is 21.0 cm³/mol. The molecule has 0 fully saturated rings. The Morgan fingerprint density at radius 3 is 2.67 bits per heavy atom. The Morgan fingerprint density at radius 2 is 2.50 bits per heavy atom. The van der Waals surface area contributed by atoms with Gasteiger partial charge in [-0.25, -0.2) is 0 Å². The SMILES string of the molecule is S=[N+]1C=NN=N1. The average Bonchev–Trinajstić information content (AvgIpc) is 1.86. The first-order valence-electron chi connectivity index (χ1n) is 1.30. The largest absolute Gasteiger partial charge is 0.308 e. The quantitative estimate of drug-likeness (QED) is 0.397. The smallest absolute Gasteiger partial charge is 0.0357 e. The van der Waals surface area contributed by atoms with E-state index >= 15 is 0 Å². The Morgan fingerprint density at radius 1 is 1.67 bits per heavy atom. The summed E-state index contributed by atoms with van der Waals surface area (Å²) in [5, 5.41) is 9.79. The molecule has 0 unspecified atom stereocenters. The highest BCUT2D eigenvalue weighted by Crippen LogP contribution is 1.83. The maximum Gasteiger partial charge on any atom is 0.308 e. The molecule has 0 N–H and O–H groups in total. The molecule has 0 saturated heterocycles. The topological polar surface area (TPSA) is 40.1 Å². The molecule has 6 heavy (non-hydrogen) atoms. The first-order chi connectivity index (χ1) is 2.89. The third-order valence-corrected chi connectivity index (χ3v) is 0.498. The molecule has 0 radical (unpaired) electrons. The van der Waals surface area contributed by atoms with Gasteiger partial charge in [0, 0.05) is 0 Å². The molecule has 0 aromatic carbocycles. The molecule has 1 aliphatic heterocycles. The van der Waals surface area contributed by atoms with Gasteiger partial charge in [-0.2, -0.15) is 0 Å². The van der Waals surface area contributed by atoms with Crippen molar-refractivity contribution < 1.29 is 4.05 Å². The van der Waals surface area contributed by atoms with Crippen LogP contribution >= 0.6 is 0 Å². The molecule has 0 aromatic rings. The number of hydrogen-bond acceptors (Lipinski definition) is 3. The fraction of sp³-hybridized carbons (Fsp3) is 0. The van der Waals surface area contributed by atoms with Gasteiger partial charge in [0.2, 0.25) is 5.22 Å². The second-order valence-corrected chi connectivity index (χ2v) is 1.09. The van der Waals surface area contributed by atoms with Crippen molar-refractivity contribution in [1.29, 1.82) is 0 Å². The normalized spacial score (nSPS) is 17.0. The minimum Gasteiger partial charge on any atom is -0.0357 e. The van der Waals surface area contributed by atoms with E-state index in [1.54, 1.807) is 0 Å². The highest BCUT2D eigenvalue weighted by Gasteiger charge is 1.98. The maximum atomic E-state index is 4.43. The van der Waals surface area contributed by atoms with E-state index in [9.17, 15) is 0 Å². The lowest BCUT2D eigenvalue weighted by molar-refractivity contribution is -0.372. The van der Waals surface area contributed by atoms with Crippen molar-refractivity contribution in [3.8, 4) is 0 Å². The highest BCUT2D eigenvalue weighted by atomic mass is 32.1. The lowest BCUT2D eigenvalue weighted by Crippen LogP contribution is -1.86. The third kappa shape index (κ3) is 0.436. The van der Waals surface area contributed by atoms with Crippen LogP contribution in [0.15, 0.2) is 15.5 Å². The van der Waals surface area contributed by atoms with Crippen molar-refractivity contribution in [3.05, 3.63) is 0 Å². The summed E-state index contributed by atoms with van der Waals surface area (Å²) in [6.45, 7) is 0. The van der Waals surface area contributed by atoms with Gasteiger partial charge in [-0.3, -0.25) is 0 Å². The molecular weight excluding hydrogens is 100 g/mol. The molecule has 0 bridgehead atoms. The van der Waals surface area contributed by atoms with Crippen molar-refractivity contribution in [2.24, 2.45) is 15.5 Å². The summed E-state index contributed by atoms with van der Waals surface area (Å²) >= 11 is 4.43. The Bertz CT molecular complexity index is 110. The van der Waals surface area contributed by atoms with Gasteiger partial charge in [0.25, 0.3) is 0 Å². The second kappa shape index (κ2) is 1.17. The van der Waals surface area contributed by atoms with Crippen LogP contribution in [0.25, 0.3) is 0 Å². The van der Waals surface area contributed by atoms with E-state index in [2.05, 4.69) is 28.0 Å². The van der Waals surface area contributed by atoms with Crippen LogP contribution in [0, 0.1) is 0 Å². The van der Waals surface area contributed by atoms with Crippen LogP contribution in [-0.2, 0) is 12.4 Å². The number of nitrogens with zero attached hydrogens (tertiary/aromatic N) is 4. The van der Waals surface area contributed by atoms with Gasteiger partial charge in [-0.1, -0.05) is 0 Å². The molecule has 0 aliphatic carbocycles. The summed E-state index contributed by atoms with van der Waals surface area (Å²) in [5.74, 6) is 0. The monoisotopic (exact) mass is 101 g/mol. The second-order valence-electron chi connectivity index (χ2n) is 0.712. The molecule has 0 atom stereocenters. The van der Waals surface area contributed by atoms with E-state index in [0.29, 0.717) is 0 Å². The van der Waals surface area contributed by atoms with Crippen LogP contribution in [0.4, 0.5) is 0 Å². The van der Waals surface area contributed by atoms with Crippen LogP contribution in [0.3, 0.4) is 0 Å². The highest BCUT2D eigenvalue weighted by molar-refractivity contribution is 7.44. The Kier molecular flexibility index (Phi) is 0.681. The lowest BCUT2D eigenvalue weighted by Gasteiger charge is -1.57. The van der Waals surface area contributed by atoms with Gasteiger partial charge < -0.3 is 0 Å². The van der Waals surface area contributed by atoms with E-state index in [1.165, 1.54) is 6.34 Å². The van der Waals surface area contributed by atoms with Crippen molar-refractivity contribution >= 4 is 18.8 Å². The van der Waals surface area contributed by atoms with Gasteiger partial charge in [0.1, 0.15) is 22.7 Å². The standard InChI is InChI=1S/CHN4S/c6-5-1-2-3-4-5/h1H/q+1. The number of hydrogen-bond donors (Lipinski definition) is 0. The zero-order valence-electron chi connectivity index (χ0n) is 2.77. The third-order valence-electron chi connectivity index (χ3n) is 0.330. The van der Waals surface area contributed by atoms with Crippen LogP contribution in [0.2, 0.25) is 0 Å². The summed E-state index contributed by atoms with van der Waals surface area (Å²) in [6.07, 6.45) is 1.34. The van der Waals surface area contributed by atoms with Gasteiger partial charge >= 0.3 is 6.34 Å². The van der Waals surface area contributed by atoms with Crippen LogP contribution in [-0.4, -0.2) is 10.4 Å². The maximum absolute atomic E-state index is 4.43. The lowest BCUT2D eigenvalue weighted by atomic mass is 11.4. The zero-order chi connectivity index (χ0) is 4.41. The van der Waals surface area contributed by atoms with Crippen molar-refractivity contribution in [3.63, 3.8) is 0 Å². The van der Waals surface area contributed by atoms with Crippen LogP contribution in [0.1, 0.15) is 0 Å². The summed E-state index contributed by atoms with van der Waals surface area (Å²) in [6, 6.07) is 0. The van der Waals surface area contributed by atoms with Gasteiger partial charge in [0.05, 0.1) is 0 Å². The van der Waals surface area contributed by atoms with Crippen LogP contribution < -0.4 is 0 Å². The van der Waals surface area contributed by atoms with Crippen LogP contribution in [0.5, 0.6) is 0 Å². The van der Waals surface area contributed by atoms with Gasteiger partial charge in [-0.15, -0.1) is 0 Å². The Balaban J connectivity index is 2.86. The summed E-state index contributed by atoms with van der Waals surface area (Å²) < 4.78 is 1.11. The van der Waals surface area contributed by atoms with E-state index < -0.39 is 0 Å². The fourth-order valence-corrected chi connectivity index (χ4v) is 0.228. The Hall–Kier alpha value is -0.710. The summed E-state index contributed by atoms with van der Waals surface area (Å²) in [7, 11) is 0. The molecule has 4 nitrogen and oxygen atoms in total. The molecule has 1 aliphatic rings. The van der Waals surface area contributed by atoms with E-state index in [0.717, 1.165) is 4.05 Å². The molecule has 1 rings (SSSR count). The van der Waals surface area contributed by atoms with Crippen molar-refractivity contribution in [2.75, 3.05) is 0 Å². The molecule has 0 aromatic heterocycles. The number of rotatable bonds is 0. The molecular formula is CHN4S+. The molecule has 30 valence electrons. The molecule has 0 saturated carbocycles. The van der Waals surface area contributed by atoms with E-state index in [1.807, 2.05) is 0 Å². The summed E-state index contributed by atoms with van der Waals surface area (Å²) in [5.41, 5.74) is 0. The molecule has 0 amide bonds. The molecule has 5 heteroatoms. The van der Waals surface area contributed by atoms with Crippen molar-refractivity contribution in [2.45, 2.75) is 0 Å². The average molecular weight is 101 g/mol. The first kappa shape index (κ1) is 3.48. The first-order valence-corrected chi connectivity index (χ1v) is 1.66. The Labute approximate surface area is 39.3 Å². The van der Waals surface area contributed by atoms with E-state index in [4.69, 9.17) is 0 Å². The minimum absolute atomic E-state index is 1.11. The van der Waals surface area contributed by atoms with E-state index in [-0.39, 0.29) is 0 Å². The zero-order valence-corrected chi connectivity index (χ0v) is 3.59. The van der Waals surface area contributed by atoms with Gasteiger partial charge in [-0.05, 0) is 4.05 Å². The van der Waals surface area contributed by atoms with Gasteiger partial charge in [0.15, 0.2) is 0 Å². The molecule has 1 heterocycles. The molecule has 0 spiro atoms. The minimum atomic E-state index is 1.11. The predicted octanol–water partition coefficient (Wildman–Crippen LogP) is 0.0535. The van der Waals surface area contributed by atoms with Crippen molar-refractivity contribution in [1.82, 2.24) is 0 Å².